The molecule has 5 heteroatoms. The van der Waals surface area contributed by atoms with Gasteiger partial charge in [-0.15, -0.1) is 0 Å². The van der Waals surface area contributed by atoms with E-state index in [0.29, 0.717) is 19.0 Å². The highest BCUT2D eigenvalue weighted by Crippen LogP contribution is 2.28. The van der Waals surface area contributed by atoms with Gasteiger partial charge in [0, 0.05) is 38.6 Å². The topological polar surface area (TPSA) is 52.7 Å². The predicted octanol–water partition coefficient (Wildman–Crippen LogP) is 0.845. The van der Waals surface area contributed by atoms with E-state index < -0.39 is 0 Å². The molecule has 1 saturated carbocycles. The lowest BCUT2D eigenvalue weighted by Crippen LogP contribution is -2.47. The fourth-order valence-electron chi connectivity index (χ4n) is 3.46. The van der Waals surface area contributed by atoms with Crippen molar-refractivity contribution in [3.8, 4) is 0 Å². The highest BCUT2D eigenvalue weighted by atomic mass is 16.2. The van der Waals surface area contributed by atoms with Crippen molar-refractivity contribution in [3.63, 3.8) is 0 Å². The highest BCUT2D eigenvalue weighted by molar-refractivity contribution is 5.89. The van der Waals surface area contributed by atoms with E-state index in [1.165, 1.54) is 12.8 Å². The summed E-state index contributed by atoms with van der Waals surface area (Å²) in [4.78, 5) is 28.0. The van der Waals surface area contributed by atoms with Crippen LogP contribution in [0.2, 0.25) is 0 Å². The molecule has 1 unspecified atom stereocenters. The Morgan fingerprint density at radius 2 is 1.95 bits per heavy atom. The van der Waals surface area contributed by atoms with Gasteiger partial charge in [0.05, 0.1) is 5.92 Å². The molecular weight excluding hydrogens is 266 g/mol. The lowest BCUT2D eigenvalue weighted by Gasteiger charge is -2.34. The smallest absolute Gasteiger partial charge is 0.227 e. The summed E-state index contributed by atoms with van der Waals surface area (Å²) in [6.45, 7) is 6.16. The van der Waals surface area contributed by atoms with Crippen LogP contribution in [0.25, 0.3) is 0 Å². The van der Waals surface area contributed by atoms with Gasteiger partial charge in [-0.3, -0.25) is 9.59 Å². The van der Waals surface area contributed by atoms with Crippen molar-refractivity contribution in [2.75, 3.05) is 32.7 Å². The minimum Gasteiger partial charge on any atom is -0.342 e. The summed E-state index contributed by atoms with van der Waals surface area (Å²) >= 11 is 0. The van der Waals surface area contributed by atoms with Crippen LogP contribution in [0.5, 0.6) is 0 Å². The van der Waals surface area contributed by atoms with Gasteiger partial charge in [0.1, 0.15) is 0 Å². The maximum absolute atomic E-state index is 12.5. The lowest BCUT2D eigenvalue weighted by molar-refractivity contribution is -0.136. The molecule has 3 aliphatic rings. The molecule has 1 aliphatic carbocycles. The molecule has 3 rings (SSSR count). The molecule has 0 aromatic heterocycles. The van der Waals surface area contributed by atoms with Gasteiger partial charge in [-0.25, -0.2) is 0 Å². The van der Waals surface area contributed by atoms with Gasteiger partial charge < -0.3 is 15.1 Å². The Bertz CT molecular complexity index is 400. The Kier molecular flexibility index (Phi) is 4.48. The number of carbonyl (C=O) groups excluding carboxylic acids is 2. The number of hydrogen-bond donors (Lipinski definition) is 1. The Morgan fingerprint density at radius 1 is 1.24 bits per heavy atom. The maximum atomic E-state index is 12.5. The maximum Gasteiger partial charge on any atom is 0.227 e. The Morgan fingerprint density at radius 3 is 2.52 bits per heavy atom. The predicted molar refractivity (Wildman–Crippen MR) is 80.7 cm³/mol. The van der Waals surface area contributed by atoms with Crippen LogP contribution in [-0.4, -0.2) is 60.4 Å². The molecular formula is C16H27N3O2. The molecule has 2 amide bonds. The SMILES string of the molecule is CCN1CC(C(=O)N2CCC(NCC3CC3)CC2)CC1=O. The lowest BCUT2D eigenvalue weighted by atomic mass is 10.0. The molecule has 1 N–H and O–H groups in total. The quantitative estimate of drug-likeness (QED) is 0.817. The number of amides is 2. The van der Waals surface area contributed by atoms with Crippen LogP contribution < -0.4 is 5.32 Å². The first kappa shape index (κ1) is 14.8. The molecule has 1 atom stereocenters. The number of nitrogens with zero attached hydrogens (tertiary/aromatic N) is 2. The summed E-state index contributed by atoms with van der Waals surface area (Å²) < 4.78 is 0. The van der Waals surface area contributed by atoms with E-state index in [0.717, 1.165) is 44.9 Å². The molecule has 0 spiro atoms. The van der Waals surface area contributed by atoms with Crippen molar-refractivity contribution in [1.29, 1.82) is 0 Å². The van der Waals surface area contributed by atoms with E-state index >= 15 is 0 Å². The van der Waals surface area contributed by atoms with Crippen molar-refractivity contribution in [2.45, 2.75) is 45.1 Å². The minimum absolute atomic E-state index is 0.103. The van der Waals surface area contributed by atoms with Crippen LogP contribution in [0.3, 0.4) is 0 Å². The van der Waals surface area contributed by atoms with Crippen molar-refractivity contribution >= 4 is 11.8 Å². The standard InChI is InChI=1S/C16H27N3O2/c1-2-18-11-13(9-15(18)20)16(21)19-7-5-14(6-8-19)17-10-12-3-4-12/h12-14,17H,2-11H2,1H3. The van der Waals surface area contributed by atoms with Crippen molar-refractivity contribution in [2.24, 2.45) is 11.8 Å². The third-order valence-corrected chi connectivity index (χ3v) is 5.14. The second-order valence-corrected chi connectivity index (χ2v) is 6.78. The van der Waals surface area contributed by atoms with Crippen LogP contribution in [0.4, 0.5) is 0 Å². The number of hydrogen-bond acceptors (Lipinski definition) is 3. The summed E-state index contributed by atoms with van der Waals surface area (Å²) in [5, 5.41) is 3.64. The minimum atomic E-state index is -0.103. The summed E-state index contributed by atoms with van der Waals surface area (Å²) in [7, 11) is 0. The van der Waals surface area contributed by atoms with Crippen molar-refractivity contribution in [3.05, 3.63) is 0 Å². The average Bonchev–Trinajstić information content (AvgIpc) is 3.26. The summed E-state index contributed by atoms with van der Waals surface area (Å²) in [6, 6.07) is 0.576. The molecule has 0 bridgehead atoms. The molecule has 2 saturated heterocycles. The van der Waals surface area contributed by atoms with E-state index in [2.05, 4.69) is 5.32 Å². The summed E-state index contributed by atoms with van der Waals surface area (Å²) in [5.74, 6) is 1.14. The first-order valence-corrected chi connectivity index (χ1v) is 8.47. The van der Waals surface area contributed by atoms with Gasteiger partial charge in [0.2, 0.25) is 11.8 Å². The molecule has 0 aromatic rings. The number of likely N-dealkylation sites (tertiary alicyclic amines) is 2. The number of nitrogens with one attached hydrogen (secondary N) is 1. The van der Waals surface area contributed by atoms with Crippen molar-refractivity contribution in [1.82, 2.24) is 15.1 Å². The summed E-state index contributed by atoms with van der Waals surface area (Å²) in [6.07, 6.45) is 5.28. The van der Waals surface area contributed by atoms with Gasteiger partial charge in [0.15, 0.2) is 0 Å². The molecule has 2 heterocycles. The van der Waals surface area contributed by atoms with E-state index in [1.54, 1.807) is 4.90 Å². The first-order chi connectivity index (χ1) is 10.2. The fourth-order valence-corrected chi connectivity index (χ4v) is 3.46. The molecule has 21 heavy (non-hydrogen) atoms. The molecule has 3 fully saturated rings. The van der Waals surface area contributed by atoms with Gasteiger partial charge in [-0.2, -0.15) is 0 Å². The fraction of sp³-hybridized carbons (Fsp3) is 0.875. The normalized spacial score (nSPS) is 27.5. The molecule has 0 aromatic carbocycles. The molecule has 0 radical (unpaired) electrons. The monoisotopic (exact) mass is 293 g/mol. The average molecular weight is 293 g/mol. The summed E-state index contributed by atoms with van der Waals surface area (Å²) in [5.41, 5.74) is 0. The van der Waals surface area contributed by atoms with Gasteiger partial charge in [-0.05, 0) is 45.1 Å². The Labute approximate surface area is 127 Å². The van der Waals surface area contributed by atoms with Crippen LogP contribution in [0.1, 0.15) is 39.0 Å². The third-order valence-electron chi connectivity index (χ3n) is 5.14. The second kappa shape index (κ2) is 6.34. The third kappa shape index (κ3) is 3.57. The highest BCUT2D eigenvalue weighted by Gasteiger charge is 2.36. The molecule has 5 nitrogen and oxygen atoms in total. The number of rotatable bonds is 5. The zero-order chi connectivity index (χ0) is 14.8. The molecule has 2 aliphatic heterocycles. The van der Waals surface area contributed by atoms with E-state index in [9.17, 15) is 9.59 Å². The van der Waals surface area contributed by atoms with Crippen LogP contribution >= 0.6 is 0 Å². The molecule has 118 valence electrons. The van der Waals surface area contributed by atoms with E-state index in [4.69, 9.17) is 0 Å². The second-order valence-electron chi connectivity index (χ2n) is 6.78. The van der Waals surface area contributed by atoms with Crippen LogP contribution in [0.15, 0.2) is 0 Å². The van der Waals surface area contributed by atoms with Gasteiger partial charge in [-0.1, -0.05) is 0 Å². The van der Waals surface area contributed by atoms with Gasteiger partial charge in [0.25, 0.3) is 0 Å². The van der Waals surface area contributed by atoms with E-state index in [-0.39, 0.29) is 17.7 Å². The number of piperidine rings is 1. The Hall–Kier alpha value is -1.10. The number of carbonyl (C=O) groups is 2. The van der Waals surface area contributed by atoms with E-state index in [1.807, 2.05) is 11.8 Å². The van der Waals surface area contributed by atoms with Crippen molar-refractivity contribution < 1.29 is 9.59 Å². The first-order valence-electron chi connectivity index (χ1n) is 8.47. The Balaban J connectivity index is 1.43. The largest absolute Gasteiger partial charge is 0.342 e. The van der Waals surface area contributed by atoms with Gasteiger partial charge >= 0.3 is 0 Å². The van der Waals surface area contributed by atoms with Crippen LogP contribution in [0, 0.1) is 11.8 Å². The zero-order valence-corrected chi connectivity index (χ0v) is 13.0. The zero-order valence-electron chi connectivity index (χ0n) is 13.0. The van der Waals surface area contributed by atoms with Crippen LogP contribution in [-0.2, 0) is 9.59 Å².